The average Bonchev–Trinajstić information content (AvgIpc) is 2.85. The van der Waals surface area contributed by atoms with E-state index in [0.717, 1.165) is 33.8 Å². The predicted octanol–water partition coefficient (Wildman–Crippen LogP) is 4.12. The monoisotopic (exact) mass is 254 g/mol. The van der Waals surface area contributed by atoms with Crippen molar-refractivity contribution in [3.8, 4) is 22.8 Å². The molecule has 0 saturated heterocycles. The molecule has 1 aromatic heterocycles. The first-order valence-corrected chi connectivity index (χ1v) is 6.03. The maximum absolute atomic E-state index is 5.88. The van der Waals surface area contributed by atoms with Gasteiger partial charge in [0.25, 0.3) is 0 Å². The van der Waals surface area contributed by atoms with E-state index in [1.807, 2.05) is 48.5 Å². The van der Waals surface area contributed by atoms with Gasteiger partial charge in [0.1, 0.15) is 11.3 Å². The molecule has 3 rings (SSSR count). The maximum Gasteiger partial charge on any atom is 0.177 e. The van der Waals surface area contributed by atoms with Crippen LogP contribution in [0.15, 0.2) is 52.9 Å². The lowest BCUT2D eigenvalue weighted by Crippen LogP contribution is -1.85. The fraction of sp³-hybridized carbons (Fsp3) is 0.125. The molecule has 3 nitrogen and oxygen atoms in total. The zero-order valence-electron chi connectivity index (χ0n) is 10.8. The van der Waals surface area contributed by atoms with Gasteiger partial charge in [-0.05, 0) is 36.4 Å². The molecule has 2 aromatic carbocycles. The predicted molar refractivity (Wildman–Crippen MR) is 74.8 cm³/mol. The minimum atomic E-state index is 0.742. The molecular formula is C16H14O3. The Bertz CT molecular complexity index is 696. The molecule has 19 heavy (non-hydrogen) atoms. The van der Waals surface area contributed by atoms with Crippen LogP contribution in [-0.4, -0.2) is 14.2 Å². The summed E-state index contributed by atoms with van der Waals surface area (Å²) in [5.41, 5.74) is 1.79. The van der Waals surface area contributed by atoms with Crippen LogP contribution < -0.4 is 9.47 Å². The van der Waals surface area contributed by atoms with E-state index in [0.29, 0.717) is 0 Å². The zero-order valence-corrected chi connectivity index (χ0v) is 10.8. The standard InChI is InChI=1S/C16H14O3/c1-17-12-9-7-11(8-10-12)15-16(18-2)13-5-3-4-6-14(13)19-15/h3-10H,1-2H3. The zero-order chi connectivity index (χ0) is 13.2. The van der Waals surface area contributed by atoms with Crippen LogP contribution in [0.3, 0.4) is 0 Å². The lowest BCUT2D eigenvalue weighted by atomic mass is 10.1. The van der Waals surface area contributed by atoms with E-state index >= 15 is 0 Å². The quantitative estimate of drug-likeness (QED) is 0.704. The summed E-state index contributed by atoms with van der Waals surface area (Å²) >= 11 is 0. The van der Waals surface area contributed by atoms with E-state index in [1.165, 1.54) is 0 Å². The first kappa shape index (κ1) is 11.7. The van der Waals surface area contributed by atoms with Crippen molar-refractivity contribution in [1.29, 1.82) is 0 Å². The van der Waals surface area contributed by atoms with Crippen LogP contribution in [0.25, 0.3) is 22.3 Å². The average molecular weight is 254 g/mol. The highest BCUT2D eigenvalue weighted by atomic mass is 16.5. The van der Waals surface area contributed by atoms with Crippen molar-refractivity contribution in [3.63, 3.8) is 0 Å². The molecule has 3 heteroatoms. The first-order valence-electron chi connectivity index (χ1n) is 6.03. The number of fused-ring (bicyclic) bond motifs is 1. The molecular weight excluding hydrogens is 240 g/mol. The maximum atomic E-state index is 5.88. The number of furan rings is 1. The normalized spacial score (nSPS) is 10.6. The van der Waals surface area contributed by atoms with Crippen molar-refractivity contribution < 1.29 is 13.9 Å². The van der Waals surface area contributed by atoms with Crippen molar-refractivity contribution in [2.45, 2.75) is 0 Å². The van der Waals surface area contributed by atoms with E-state index < -0.39 is 0 Å². The molecule has 3 aromatic rings. The molecule has 0 atom stereocenters. The Hall–Kier alpha value is -2.42. The SMILES string of the molecule is COc1ccc(-c2oc3ccccc3c2OC)cc1. The third-order valence-corrected chi connectivity index (χ3v) is 3.11. The molecule has 0 amide bonds. The summed E-state index contributed by atoms with van der Waals surface area (Å²) in [6.07, 6.45) is 0. The van der Waals surface area contributed by atoms with Gasteiger partial charge in [0.05, 0.1) is 19.6 Å². The molecule has 96 valence electrons. The van der Waals surface area contributed by atoms with Gasteiger partial charge in [-0.15, -0.1) is 0 Å². The van der Waals surface area contributed by atoms with Crippen LogP contribution >= 0.6 is 0 Å². The van der Waals surface area contributed by atoms with E-state index in [-0.39, 0.29) is 0 Å². The Balaban J connectivity index is 2.17. The molecule has 0 aliphatic heterocycles. The molecule has 1 heterocycles. The fourth-order valence-electron chi connectivity index (χ4n) is 2.16. The van der Waals surface area contributed by atoms with Gasteiger partial charge in [0.2, 0.25) is 0 Å². The molecule has 0 aliphatic rings. The summed E-state index contributed by atoms with van der Waals surface area (Å²) in [4.78, 5) is 0. The summed E-state index contributed by atoms with van der Waals surface area (Å²) in [5.74, 6) is 2.32. The lowest BCUT2D eigenvalue weighted by molar-refractivity contribution is 0.412. The van der Waals surface area contributed by atoms with E-state index in [1.54, 1.807) is 14.2 Å². The van der Waals surface area contributed by atoms with Gasteiger partial charge in [0.15, 0.2) is 11.5 Å². The third kappa shape index (κ3) is 1.93. The second-order valence-corrected chi connectivity index (χ2v) is 4.19. The van der Waals surface area contributed by atoms with Gasteiger partial charge in [-0.1, -0.05) is 12.1 Å². The fourth-order valence-corrected chi connectivity index (χ4v) is 2.16. The highest BCUT2D eigenvalue weighted by Gasteiger charge is 2.15. The molecule has 0 aliphatic carbocycles. The Kier molecular flexibility index (Phi) is 2.88. The number of ether oxygens (including phenoxy) is 2. The smallest absolute Gasteiger partial charge is 0.177 e. The second-order valence-electron chi connectivity index (χ2n) is 4.19. The summed E-state index contributed by atoms with van der Waals surface area (Å²) in [6, 6.07) is 15.6. The third-order valence-electron chi connectivity index (χ3n) is 3.11. The van der Waals surface area contributed by atoms with Crippen LogP contribution in [0.1, 0.15) is 0 Å². The van der Waals surface area contributed by atoms with Gasteiger partial charge in [-0.25, -0.2) is 0 Å². The lowest BCUT2D eigenvalue weighted by Gasteiger charge is -2.03. The number of benzene rings is 2. The summed E-state index contributed by atoms with van der Waals surface area (Å²) in [6.45, 7) is 0. The highest BCUT2D eigenvalue weighted by Crippen LogP contribution is 2.39. The van der Waals surface area contributed by atoms with Crippen molar-refractivity contribution in [2.75, 3.05) is 14.2 Å². The van der Waals surface area contributed by atoms with E-state index in [4.69, 9.17) is 13.9 Å². The van der Waals surface area contributed by atoms with Gasteiger partial charge < -0.3 is 13.9 Å². The molecule has 0 spiro atoms. The Morgan fingerprint density at radius 1 is 0.842 bits per heavy atom. The largest absolute Gasteiger partial charge is 0.497 e. The number of rotatable bonds is 3. The molecule has 0 fully saturated rings. The van der Waals surface area contributed by atoms with Crippen LogP contribution in [0.2, 0.25) is 0 Å². The van der Waals surface area contributed by atoms with Gasteiger partial charge in [-0.3, -0.25) is 0 Å². The van der Waals surface area contributed by atoms with Crippen LogP contribution in [0, 0.1) is 0 Å². The molecule has 0 unspecified atom stereocenters. The van der Waals surface area contributed by atoms with Crippen LogP contribution in [-0.2, 0) is 0 Å². The summed E-state index contributed by atoms with van der Waals surface area (Å²) in [5, 5.41) is 0.982. The molecule has 0 radical (unpaired) electrons. The molecule has 0 N–H and O–H groups in total. The minimum Gasteiger partial charge on any atom is -0.497 e. The minimum absolute atomic E-state index is 0.742. The van der Waals surface area contributed by atoms with Gasteiger partial charge in [0, 0.05) is 5.56 Å². The number of hydrogen-bond acceptors (Lipinski definition) is 3. The second kappa shape index (κ2) is 4.69. The number of methoxy groups -OCH3 is 2. The van der Waals surface area contributed by atoms with Crippen LogP contribution in [0.5, 0.6) is 11.5 Å². The molecule has 0 saturated carbocycles. The van der Waals surface area contributed by atoms with E-state index in [2.05, 4.69) is 0 Å². The van der Waals surface area contributed by atoms with Gasteiger partial charge in [-0.2, -0.15) is 0 Å². The topological polar surface area (TPSA) is 31.6 Å². The van der Waals surface area contributed by atoms with Gasteiger partial charge >= 0.3 is 0 Å². The Labute approximate surface area is 111 Å². The van der Waals surface area contributed by atoms with Crippen molar-refractivity contribution >= 4 is 11.0 Å². The molecule has 0 bridgehead atoms. The summed E-state index contributed by atoms with van der Waals surface area (Å²) in [7, 11) is 3.31. The number of para-hydroxylation sites is 1. The number of hydrogen-bond donors (Lipinski definition) is 0. The highest BCUT2D eigenvalue weighted by molar-refractivity contribution is 5.91. The van der Waals surface area contributed by atoms with Crippen molar-refractivity contribution in [3.05, 3.63) is 48.5 Å². The Morgan fingerprint density at radius 3 is 2.26 bits per heavy atom. The first-order chi connectivity index (χ1) is 9.33. The van der Waals surface area contributed by atoms with Crippen LogP contribution in [0.4, 0.5) is 0 Å². The van der Waals surface area contributed by atoms with Crippen molar-refractivity contribution in [1.82, 2.24) is 0 Å². The summed E-state index contributed by atoms with van der Waals surface area (Å²) < 4.78 is 16.5. The van der Waals surface area contributed by atoms with Crippen molar-refractivity contribution in [2.24, 2.45) is 0 Å². The Morgan fingerprint density at radius 2 is 1.58 bits per heavy atom. The van der Waals surface area contributed by atoms with E-state index in [9.17, 15) is 0 Å².